The van der Waals surface area contributed by atoms with E-state index < -0.39 is 0 Å². The SMILES string of the molecule is O=C(Cc1cc(-c2ccc(Cl)cc2)on1)NCCc1ncc2ccccn12. The lowest BCUT2D eigenvalue weighted by Crippen LogP contribution is -2.27. The first-order valence-electron chi connectivity index (χ1n) is 8.58. The first-order valence-corrected chi connectivity index (χ1v) is 8.96. The van der Waals surface area contributed by atoms with E-state index in [1.807, 2.05) is 47.1 Å². The molecule has 1 aromatic carbocycles. The number of amides is 1. The Bertz CT molecular complexity index is 1070. The summed E-state index contributed by atoms with van der Waals surface area (Å²) in [6.07, 6.45) is 4.61. The number of aromatic nitrogens is 3. The third-order valence-electron chi connectivity index (χ3n) is 4.22. The number of hydrogen-bond donors (Lipinski definition) is 1. The molecule has 3 heterocycles. The number of benzene rings is 1. The molecule has 136 valence electrons. The van der Waals surface area contributed by atoms with Crippen molar-refractivity contribution < 1.29 is 9.32 Å². The lowest BCUT2D eigenvalue weighted by atomic mass is 10.1. The summed E-state index contributed by atoms with van der Waals surface area (Å²) in [5, 5.41) is 7.52. The van der Waals surface area contributed by atoms with Crippen molar-refractivity contribution in [3.05, 3.63) is 77.5 Å². The van der Waals surface area contributed by atoms with Crippen LogP contribution in [-0.4, -0.2) is 27.0 Å². The van der Waals surface area contributed by atoms with Crippen LogP contribution in [0.25, 0.3) is 16.8 Å². The fraction of sp³-hybridized carbons (Fsp3) is 0.150. The summed E-state index contributed by atoms with van der Waals surface area (Å²) in [6.45, 7) is 0.509. The van der Waals surface area contributed by atoms with E-state index in [0.29, 0.717) is 29.4 Å². The van der Waals surface area contributed by atoms with Gasteiger partial charge in [0.15, 0.2) is 5.76 Å². The zero-order valence-electron chi connectivity index (χ0n) is 14.4. The van der Waals surface area contributed by atoms with Gasteiger partial charge in [0.05, 0.1) is 23.8 Å². The molecule has 4 aromatic rings. The minimum Gasteiger partial charge on any atom is -0.356 e. The highest BCUT2D eigenvalue weighted by Crippen LogP contribution is 2.22. The van der Waals surface area contributed by atoms with E-state index in [2.05, 4.69) is 15.5 Å². The molecule has 0 aliphatic heterocycles. The molecule has 3 aromatic heterocycles. The van der Waals surface area contributed by atoms with Gasteiger partial charge in [-0.05, 0) is 36.4 Å². The Morgan fingerprint density at radius 3 is 2.89 bits per heavy atom. The Morgan fingerprint density at radius 1 is 1.19 bits per heavy atom. The third-order valence-corrected chi connectivity index (χ3v) is 4.47. The van der Waals surface area contributed by atoms with Crippen LogP contribution in [0.1, 0.15) is 11.5 Å². The van der Waals surface area contributed by atoms with Gasteiger partial charge in [-0.15, -0.1) is 0 Å². The van der Waals surface area contributed by atoms with E-state index in [-0.39, 0.29) is 12.3 Å². The van der Waals surface area contributed by atoms with Gasteiger partial charge < -0.3 is 14.2 Å². The quantitative estimate of drug-likeness (QED) is 0.555. The minimum absolute atomic E-state index is 0.105. The molecule has 0 radical (unpaired) electrons. The second kappa shape index (κ2) is 7.63. The van der Waals surface area contributed by atoms with Gasteiger partial charge in [-0.25, -0.2) is 4.98 Å². The topological polar surface area (TPSA) is 72.4 Å². The Hall–Kier alpha value is -3.12. The molecule has 27 heavy (non-hydrogen) atoms. The average molecular weight is 381 g/mol. The largest absolute Gasteiger partial charge is 0.356 e. The maximum atomic E-state index is 12.2. The summed E-state index contributed by atoms with van der Waals surface area (Å²) in [7, 11) is 0. The van der Waals surface area contributed by atoms with Crippen LogP contribution in [0.3, 0.4) is 0 Å². The highest BCUT2D eigenvalue weighted by molar-refractivity contribution is 6.30. The fourth-order valence-corrected chi connectivity index (χ4v) is 3.00. The molecule has 0 aliphatic rings. The number of pyridine rings is 1. The summed E-state index contributed by atoms with van der Waals surface area (Å²) in [4.78, 5) is 16.6. The van der Waals surface area contributed by atoms with Gasteiger partial charge in [0, 0.05) is 35.8 Å². The normalized spacial score (nSPS) is 11.0. The maximum Gasteiger partial charge on any atom is 0.226 e. The van der Waals surface area contributed by atoms with E-state index in [1.54, 1.807) is 18.2 Å². The van der Waals surface area contributed by atoms with Gasteiger partial charge in [0.2, 0.25) is 5.91 Å². The lowest BCUT2D eigenvalue weighted by Gasteiger charge is -2.04. The number of carbonyl (C=O) groups is 1. The number of imidazole rings is 1. The molecule has 0 bridgehead atoms. The molecule has 4 rings (SSSR count). The molecular weight excluding hydrogens is 364 g/mol. The zero-order chi connectivity index (χ0) is 18.6. The van der Waals surface area contributed by atoms with Crippen LogP contribution in [0.15, 0.2) is 65.4 Å². The predicted octanol–water partition coefficient (Wildman–Crippen LogP) is 3.54. The molecule has 1 amide bonds. The van der Waals surface area contributed by atoms with Crippen molar-refractivity contribution in [2.75, 3.05) is 6.54 Å². The molecular formula is C20H17ClN4O2. The first kappa shape index (κ1) is 17.3. The second-order valence-corrected chi connectivity index (χ2v) is 6.57. The number of rotatable bonds is 6. The van der Waals surface area contributed by atoms with Gasteiger partial charge in [-0.3, -0.25) is 4.79 Å². The van der Waals surface area contributed by atoms with E-state index in [0.717, 1.165) is 16.9 Å². The van der Waals surface area contributed by atoms with E-state index >= 15 is 0 Å². The van der Waals surface area contributed by atoms with Crippen LogP contribution in [-0.2, 0) is 17.6 Å². The van der Waals surface area contributed by atoms with Crippen molar-refractivity contribution >= 4 is 23.0 Å². The van der Waals surface area contributed by atoms with Crippen molar-refractivity contribution in [2.24, 2.45) is 0 Å². The van der Waals surface area contributed by atoms with Gasteiger partial charge in [-0.1, -0.05) is 22.8 Å². The summed E-state index contributed by atoms with van der Waals surface area (Å²) < 4.78 is 7.33. The monoisotopic (exact) mass is 380 g/mol. The van der Waals surface area contributed by atoms with Crippen LogP contribution in [0, 0.1) is 0 Å². The molecule has 0 atom stereocenters. The van der Waals surface area contributed by atoms with Gasteiger partial charge in [0.1, 0.15) is 5.82 Å². The smallest absolute Gasteiger partial charge is 0.226 e. The summed E-state index contributed by atoms with van der Waals surface area (Å²) in [5.74, 6) is 1.42. The van der Waals surface area contributed by atoms with Crippen molar-refractivity contribution in [1.82, 2.24) is 19.9 Å². The molecule has 0 aliphatic carbocycles. The second-order valence-electron chi connectivity index (χ2n) is 6.14. The van der Waals surface area contributed by atoms with Gasteiger partial charge in [0.25, 0.3) is 0 Å². The maximum absolute atomic E-state index is 12.2. The van der Waals surface area contributed by atoms with E-state index in [9.17, 15) is 4.79 Å². The number of fused-ring (bicyclic) bond motifs is 1. The predicted molar refractivity (Wildman–Crippen MR) is 103 cm³/mol. The Kier molecular flexibility index (Phi) is 4.89. The number of hydrogen-bond acceptors (Lipinski definition) is 4. The standard InChI is InChI=1S/C20H17ClN4O2/c21-15-6-4-14(5-7-15)18-11-16(24-27-18)12-20(26)22-9-8-19-23-13-17-3-1-2-10-25(17)19/h1-7,10-11,13H,8-9,12H2,(H,22,26). The highest BCUT2D eigenvalue weighted by Gasteiger charge is 2.11. The van der Waals surface area contributed by atoms with Crippen LogP contribution < -0.4 is 5.32 Å². The molecule has 0 unspecified atom stereocenters. The molecule has 1 N–H and O–H groups in total. The van der Waals surface area contributed by atoms with E-state index in [1.165, 1.54) is 0 Å². The molecule has 0 saturated carbocycles. The zero-order valence-corrected chi connectivity index (χ0v) is 15.2. The van der Waals surface area contributed by atoms with Gasteiger partial charge in [-0.2, -0.15) is 0 Å². The van der Waals surface area contributed by atoms with Crippen LogP contribution in [0.2, 0.25) is 5.02 Å². The number of halogens is 1. The summed E-state index contributed by atoms with van der Waals surface area (Å²) in [5.41, 5.74) is 2.49. The third kappa shape index (κ3) is 4.01. The average Bonchev–Trinajstić information content (AvgIpc) is 3.30. The Labute approximate surface area is 160 Å². The molecule has 0 saturated heterocycles. The highest BCUT2D eigenvalue weighted by atomic mass is 35.5. The van der Waals surface area contributed by atoms with Crippen molar-refractivity contribution in [3.8, 4) is 11.3 Å². The van der Waals surface area contributed by atoms with Crippen molar-refractivity contribution in [3.63, 3.8) is 0 Å². The molecule has 7 heteroatoms. The minimum atomic E-state index is -0.105. The molecule has 0 spiro atoms. The van der Waals surface area contributed by atoms with Crippen molar-refractivity contribution in [1.29, 1.82) is 0 Å². The van der Waals surface area contributed by atoms with Crippen LogP contribution in [0.4, 0.5) is 0 Å². The van der Waals surface area contributed by atoms with Gasteiger partial charge >= 0.3 is 0 Å². The fourth-order valence-electron chi connectivity index (χ4n) is 2.87. The summed E-state index contributed by atoms with van der Waals surface area (Å²) in [6, 6.07) is 15.0. The Balaban J connectivity index is 1.31. The lowest BCUT2D eigenvalue weighted by molar-refractivity contribution is -0.120. The van der Waals surface area contributed by atoms with Crippen LogP contribution in [0.5, 0.6) is 0 Å². The first-order chi connectivity index (χ1) is 13.2. The number of nitrogens with one attached hydrogen (secondary N) is 1. The van der Waals surface area contributed by atoms with Crippen molar-refractivity contribution in [2.45, 2.75) is 12.8 Å². The molecule has 6 nitrogen and oxygen atoms in total. The number of nitrogens with zero attached hydrogens (tertiary/aromatic N) is 3. The Morgan fingerprint density at radius 2 is 2.04 bits per heavy atom. The van der Waals surface area contributed by atoms with Crippen LogP contribution >= 0.6 is 11.6 Å². The number of carbonyl (C=O) groups excluding carboxylic acids is 1. The molecule has 0 fully saturated rings. The van der Waals surface area contributed by atoms with E-state index in [4.69, 9.17) is 16.1 Å². The summed E-state index contributed by atoms with van der Waals surface area (Å²) >= 11 is 5.89.